The lowest BCUT2D eigenvalue weighted by molar-refractivity contribution is -0.116. The highest BCUT2D eigenvalue weighted by atomic mass is 16.5. The van der Waals surface area contributed by atoms with Crippen LogP contribution in [0.5, 0.6) is 5.75 Å². The number of carbonyl (C=O) groups is 1. The molecule has 0 unspecified atom stereocenters. The third-order valence-corrected chi connectivity index (χ3v) is 5.29. The van der Waals surface area contributed by atoms with Gasteiger partial charge < -0.3 is 14.5 Å². The van der Waals surface area contributed by atoms with Gasteiger partial charge in [-0.3, -0.25) is 4.79 Å². The third kappa shape index (κ3) is 4.20. The van der Waals surface area contributed by atoms with Crippen molar-refractivity contribution in [3.8, 4) is 17.0 Å². The summed E-state index contributed by atoms with van der Waals surface area (Å²) in [5.74, 6) is 0.815. The van der Waals surface area contributed by atoms with Gasteiger partial charge >= 0.3 is 0 Å². The standard InChI is InChI=1S/C25H25N3O2/c1-17-6-10-20(23-16-28-14-4-5-18(2)25(28)27-23)15-22(17)26-24(29)13-9-19-7-11-21(30-3)12-8-19/h4-8,10-12,14-16H,9,13H2,1-3H3,(H,26,29). The van der Waals surface area contributed by atoms with E-state index >= 15 is 0 Å². The van der Waals surface area contributed by atoms with Crippen LogP contribution in [0.1, 0.15) is 23.1 Å². The third-order valence-electron chi connectivity index (χ3n) is 5.29. The molecule has 2 aromatic heterocycles. The molecule has 0 spiro atoms. The normalized spacial score (nSPS) is 10.9. The van der Waals surface area contributed by atoms with E-state index in [1.807, 2.05) is 72.2 Å². The molecule has 0 fully saturated rings. The highest BCUT2D eigenvalue weighted by Crippen LogP contribution is 2.26. The van der Waals surface area contributed by atoms with Crippen molar-refractivity contribution in [3.05, 3.63) is 83.7 Å². The number of aromatic nitrogens is 2. The van der Waals surface area contributed by atoms with Crippen LogP contribution in [0.4, 0.5) is 5.69 Å². The topological polar surface area (TPSA) is 55.6 Å². The predicted molar refractivity (Wildman–Crippen MR) is 120 cm³/mol. The molecule has 152 valence electrons. The van der Waals surface area contributed by atoms with Gasteiger partial charge in [0, 0.05) is 30.1 Å². The SMILES string of the molecule is COc1ccc(CCC(=O)Nc2cc(-c3cn4cccc(C)c4n3)ccc2C)cc1. The fourth-order valence-electron chi connectivity index (χ4n) is 3.47. The van der Waals surface area contributed by atoms with Gasteiger partial charge in [-0.25, -0.2) is 4.98 Å². The van der Waals surface area contributed by atoms with Crippen molar-refractivity contribution in [2.75, 3.05) is 12.4 Å². The maximum Gasteiger partial charge on any atom is 0.224 e. The number of rotatable bonds is 6. The van der Waals surface area contributed by atoms with Gasteiger partial charge in [0.25, 0.3) is 0 Å². The molecule has 0 saturated heterocycles. The molecular weight excluding hydrogens is 374 g/mol. The zero-order valence-electron chi connectivity index (χ0n) is 17.5. The number of carbonyl (C=O) groups excluding carboxylic acids is 1. The van der Waals surface area contributed by atoms with Crippen LogP contribution in [0.15, 0.2) is 67.0 Å². The lowest BCUT2D eigenvalue weighted by Crippen LogP contribution is -2.13. The first-order valence-corrected chi connectivity index (χ1v) is 10.0. The number of aryl methyl sites for hydroxylation is 3. The number of nitrogens with one attached hydrogen (secondary N) is 1. The van der Waals surface area contributed by atoms with Gasteiger partial charge in [0.2, 0.25) is 5.91 Å². The number of amides is 1. The van der Waals surface area contributed by atoms with Gasteiger partial charge in [0.15, 0.2) is 0 Å². The summed E-state index contributed by atoms with van der Waals surface area (Å²) in [4.78, 5) is 17.3. The van der Waals surface area contributed by atoms with Crippen molar-refractivity contribution in [1.82, 2.24) is 9.38 Å². The van der Waals surface area contributed by atoms with Crippen LogP contribution >= 0.6 is 0 Å². The predicted octanol–water partition coefficient (Wildman–Crippen LogP) is 5.20. The molecule has 0 radical (unpaired) electrons. The van der Waals surface area contributed by atoms with E-state index in [1.54, 1.807) is 7.11 Å². The number of nitrogens with zero attached hydrogens (tertiary/aromatic N) is 2. The van der Waals surface area contributed by atoms with E-state index < -0.39 is 0 Å². The lowest BCUT2D eigenvalue weighted by Gasteiger charge is -2.10. The first-order chi connectivity index (χ1) is 14.5. The maximum absolute atomic E-state index is 12.5. The van der Waals surface area contributed by atoms with Gasteiger partial charge in [0.05, 0.1) is 12.8 Å². The number of fused-ring (bicyclic) bond motifs is 1. The Morgan fingerprint density at radius 1 is 1.07 bits per heavy atom. The van der Waals surface area contributed by atoms with Crippen molar-refractivity contribution in [1.29, 1.82) is 0 Å². The highest BCUT2D eigenvalue weighted by molar-refractivity contribution is 5.92. The lowest BCUT2D eigenvalue weighted by atomic mass is 10.1. The van der Waals surface area contributed by atoms with Crippen molar-refractivity contribution >= 4 is 17.2 Å². The number of pyridine rings is 1. The van der Waals surface area contributed by atoms with E-state index in [0.29, 0.717) is 12.8 Å². The monoisotopic (exact) mass is 399 g/mol. The summed E-state index contributed by atoms with van der Waals surface area (Å²) < 4.78 is 7.20. The number of hydrogen-bond donors (Lipinski definition) is 1. The fraction of sp³-hybridized carbons (Fsp3) is 0.200. The summed E-state index contributed by atoms with van der Waals surface area (Å²) in [5, 5.41) is 3.06. The Labute approximate surface area is 176 Å². The van der Waals surface area contributed by atoms with Crippen LogP contribution in [0.3, 0.4) is 0 Å². The van der Waals surface area contributed by atoms with Crippen LogP contribution in [0.25, 0.3) is 16.9 Å². The summed E-state index contributed by atoms with van der Waals surface area (Å²) in [5.41, 5.74) is 6.89. The highest BCUT2D eigenvalue weighted by Gasteiger charge is 2.10. The zero-order valence-corrected chi connectivity index (χ0v) is 17.5. The Hall–Kier alpha value is -3.60. The van der Waals surface area contributed by atoms with Gasteiger partial charge in [0.1, 0.15) is 11.4 Å². The maximum atomic E-state index is 12.5. The summed E-state index contributed by atoms with van der Waals surface area (Å²) >= 11 is 0. The summed E-state index contributed by atoms with van der Waals surface area (Å²) in [6.07, 6.45) is 5.11. The van der Waals surface area contributed by atoms with Crippen molar-refractivity contribution in [3.63, 3.8) is 0 Å². The smallest absolute Gasteiger partial charge is 0.224 e. The number of hydrogen-bond acceptors (Lipinski definition) is 3. The van der Waals surface area contributed by atoms with Gasteiger partial charge in [-0.1, -0.05) is 30.3 Å². The molecule has 0 bridgehead atoms. The molecule has 1 amide bonds. The second kappa shape index (κ2) is 8.41. The van der Waals surface area contributed by atoms with Crippen molar-refractivity contribution in [2.24, 2.45) is 0 Å². The molecule has 4 aromatic rings. The molecule has 4 rings (SSSR count). The van der Waals surface area contributed by atoms with E-state index in [2.05, 4.69) is 18.3 Å². The molecule has 1 N–H and O–H groups in total. The number of imidazole rings is 1. The average Bonchev–Trinajstić information content (AvgIpc) is 3.20. The number of benzene rings is 2. The van der Waals surface area contributed by atoms with E-state index in [1.165, 1.54) is 0 Å². The molecular formula is C25H25N3O2. The molecule has 0 aliphatic heterocycles. The van der Waals surface area contributed by atoms with E-state index in [4.69, 9.17) is 9.72 Å². The van der Waals surface area contributed by atoms with E-state index in [-0.39, 0.29) is 5.91 Å². The Morgan fingerprint density at radius 3 is 2.60 bits per heavy atom. The van der Waals surface area contributed by atoms with E-state index in [9.17, 15) is 4.79 Å². The molecule has 0 aliphatic carbocycles. The quantitative estimate of drug-likeness (QED) is 0.485. The second-order valence-corrected chi connectivity index (χ2v) is 7.47. The minimum Gasteiger partial charge on any atom is -0.497 e. The average molecular weight is 399 g/mol. The molecule has 2 heterocycles. The first kappa shape index (κ1) is 19.7. The summed E-state index contributed by atoms with van der Waals surface area (Å²) in [6.45, 7) is 4.05. The fourth-order valence-corrected chi connectivity index (χ4v) is 3.47. The minimum absolute atomic E-state index is 0.00286. The molecule has 2 aromatic carbocycles. The largest absolute Gasteiger partial charge is 0.497 e. The first-order valence-electron chi connectivity index (χ1n) is 10.0. The number of methoxy groups -OCH3 is 1. The van der Waals surface area contributed by atoms with Gasteiger partial charge in [-0.2, -0.15) is 0 Å². The van der Waals surface area contributed by atoms with Crippen LogP contribution in [0, 0.1) is 13.8 Å². The second-order valence-electron chi connectivity index (χ2n) is 7.47. The number of anilines is 1. The Balaban J connectivity index is 1.48. The molecule has 5 heteroatoms. The van der Waals surface area contributed by atoms with Crippen molar-refractivity contribution in [2.45, 2.75) is 26.7 Å². The molecule has 0 aliphatic rings. The van der Waals surface area contributed by atoms with Crippen molar-refractivity contribution < 1.29 is 9.53 Å². The Kier molecular flexibility index (Phi) is 5.53. The molecule has 0 atom stereocenters. The van der Waals surface area contributed by atoms with Gasteiger partial charge in [-0.15, -0.1) is 0 Å². The van der Waals surface area contributed by atoms with Crippen LogP contribution in [-0.2, 0) is 11.2 Å². The summed E-state index contributed by atoms with van der Waals surface area (Å²) in [7, 11) is 1.65. The molecule has 0 saturated carbocycles. The Bertz CT molecular complexity index is 1190. The zero-order chi connectivity index (χ0) is 21.1. The minimum atomic E-state index is -0.00286. The molecule has 30 heavy (non-hydrogen) atoms. The molecule has 5 nitrogen and oxygen atoms in total. The van der Waals surface area contributed by atoms with E-state index in [0.717, 1.165) is 45.0 Å². The Morgan fingerprint density at radius 2 is 1.87 bits per heavy atom. The number of ether oxygens (including phenoxy) is 1. The summed E-state index contributed by atoms with van der Waals surface area (Å²) in [6, 6.07) is 17.9. The van der Waals surface area contributed by atoms with Crippen LogP contribution in [0.2, 0.25) is 0 Å². The van der Waals surface area contributed by atoms with Crippen LogP contribution < -0.4 is 10.1 Å². The van der Waals surface area contributed by atoms with Gasteiger partial charge in [-0.05, 0) is 61.2 Å². The van der Waals surface area contributed by atoms with Crippen LogP contribution in [-0.4, -0.2) is 22.4 Å².